The number of nitriles is 1. The molecule has 1 saturated carbocycles. The number of rotatable bonds is 5. The highest BCUT2D eigenvalue weighted by molar-refractivity contribution is 6.30. The van der Waals surface area contributed by atoms with Crippen molar-refractivity contribution in [3.8, 4) is 11.8 Å². The van der Waals surface area contributed by atoms with Gasteiger partial charge in [-0.25, -0.2) is 4.79 Å². The van der Waals surface area contributed by atoms with Crippen LogP contribution >= 0.6 is 11.6 Å². The van der Waals surface area contributed by atoms with Crippen LogP contribution < -0.4 is 11.0 Å². The van der Waals surface area contributed by atoms with E-state index in [0.29, 0.717) is 40.0 Å². The molecule has 1 aliphatic rings. The van der Waals surface area contributed by atoms with Gasteiger partial charge in [0.25, 0.3) is 5.91 Å². The molecule has 0 atom stereocenters. The number of hydrogen-bond donors (Lipinski definition) is 1. The van der Waals surface area contributed by atoms with E-state index in [9.17, 15) is 14.9 Å². The van der Waals surface area contributed by atoms with Crippen molar-refractivity contribution < 1.29 is 4.79 Å². The number of aromatic nitrogens is 3. The summed E-state index contributed by atoms with van der Waals surface area (Å²) in [6.07, 6.45) is 5.02. The first-order valence-electron chi connectivity index (χ1n) is 12.5. The Morgan fingerprint density at radius 2 is 1.84 bits per heavy atom. The maximum absolute atomic E-state index is 13.7. The Hall–Kier alpha value is -3.89. The van der Waals surface area contributed by atoms with Crippen molar-refractivity contribution in [1.82, 2.24) is 19.4 Å². The topological polar surface area (TPSA) is 92.7 Å². The smallest absolute Gasteiger partial charge is 0.333 e. The molecule has 0 radical (unpaired) electrons. The molecule has 7 nitrogen and oxygen atoms in total. The van der Waals surface area contributed by atoms with Gasteiger partial charge in [-0.1, -0.05) is 29.8 Å². The molecule has 2 heterocycles. The summed E-state index contributed by atoms with van der Waals surface area (Å²) in [5.74, 6) is 0.162. The maximum Gasteiger partial charge on any atom is 0.333 e. The molecule has 2 aromatic carbocycles. The van der Waals surface area contributed by atoms with Crippen LogP contribution in [-0.4, -0.2) is 26.1 Å². The molecule has 1 fully saturated rings. The SMILES string of the molecule is Cc1ccc(-n2c(=O)n(CC3CCC(NC(=O)c4cc(Cl)cnc4C)CC3)c3ccccc32)c(C#N)c1. The molecule has 8 heteroatoms. The van der Waals surface area contributed by atoms with Crippen LogP contribution in [-0.2, 0) is 6.54 Å². The van der Waals surface area contributed by atoms with Crippen molar-refractivity contribution in [3.63, 3.8) is 0 Å². The fourth-order valence-electron chi connectivity index (χ4n) is 5.30. The average molecular weight is 514 g/mol. The Bertz CT molecular complexity index is 1590. The molecular formula is C29H28ClN5O2. The lowest BCUT2D eigenvalue weighted by Crippen LogP contribution is -2.39. The third kappa shape index (κ3) is 4.90. The molecule has 0 bridgehead atoms. The van der Waals surface area contributed by atoms with Crippen LogP contribution in [0.15, 0.2) is 59.5 Å². The standard InChI is InChI=1S/C29H28ClN5O2/c1-18-7-12-25(21(13-18)15-31)35-27-6-4-3-5-26(27)34(29(35)37)17-20-8-10-23(11-9-20)33-28(36)24-14-22(30)16-32-19(24)2/h3-7,12-14,16,20,23H,8-11,17H2,1-2H3,(H,33,36). The predicted octanol–water partition coefficient (Wildman–Crippen LogP) is 5.32. The summed E-state index contributed by atoms with van der Waals surface area (Å²) in [4.78, 5) is 30.6. The minimum absolute atomic E-state index is 0.0749. The first-order chi connectivity index (χ1) is 17.9. The summed E-state index contributed by atoms with van der Waals surface area (Å²) >= 11 is 6.03. The van der Waals surface area contributed by atoms with Crippen LogP contribution in [0, 0.1) is 31.1 Å². The molecule has 1 amide bonds. The fraction of sp³-hybridized carbons (Fsp3) is 0.310. The van der Waals surface area contributed by atoms with Gasteiger partial charge in [-0.15, -0.1) is 0 Å². The molecule has 0 aliphatic heterocycles. The molecule has 188 valence electrons. The fourth-order valence-corrected chi connectivity index (χ4v) is 5.46. The molecular weight excluding hydrogens is 486 g/mol. The second-order valence-electron chi connectivity index (χ2n) is 9.83. The van der Waals surface area contributed by atoms with Gasteiger partial charge in [0, 0.05) is 18.8 Å². The summed E-state index contributed by atoms with van der Waals surface area (Å²) in [5.41, 5.74) is 4.72. The molecule has 0 saturated heterocycles. The lowest BCUT2D eigenvalue weighted by molar-refractivity contribution is 0.0919. The van der Waals surface area contributed by atoms with Gasteiger partial charge in [0.2, 0.25) is 0 Å². The third-order valence-electron chi connectivity index (χ3n) is 7.27. The number of carbonyl (C=O) groups is 1. The number of imidazole rings is 1. The lowest BCUT2D eigenvalue weighted by atomic mass is 9.85. The molecule has 1 aliphatic carbocycles. The zero-order chi connectivity index (χ0) is 26.1. The molecule has 37 heavy (non-hydrogen) atoms. The van der Waals surface area contributed by atoms with Crippen molar-refractivity contribution in [1.29, 1.82) is 5.26 Å². The largest absolute Gasteiger partial charge is 0.349 e. The predicted molar refractivity (Wildman–Crippen MR) is 144 cm³/mol. The Labute approximate surface area is 220 Å². The summed E-state index contributed by atoms with van der Waals surface area (Å²) in [5, 5.41) is 13.3. The van der Waals surface area contributed by atoms with E-state index in [2.05, 4.69) is 16.4 Å². The lowest BCUT2D eigenvalue weighted by Gasteiger charge is -2.29. The number of carbonyl (C=O) groups excluding carboxylic acids is 1. The first kappa shape index (κ1) is 24.8. The number of aryl methyl sites for hydroxylation is 2. The van der Waals surface area contributed by atoms with Gasteiger partial charge < -0.3 is 5.32 Å². The van der Waals surface area contributed by atoms with Gasteiger partial charge in [-0.3, -0.25) is 18.9 Å². The number of nitrogens with one attached hydrogen (secondary N) is 1. The van der Waals surface area contributed by atoms with Gasteiger partial charge in [-0.05, 0) is 81.3 Å². The zero-order valence-electron chi connectivity index (χ0n) is 20.9. The van der Waals surface area contributed by atoms with E-state index in [0.717, 1.165) is 42.3 Å². The van der Waals surface area contributed by atoms with Gasteiger partial charge in [0.15, 0.2) is 0 Å². The summed E-state index contributed by atoms with van der Waals surface area (Å²) in [6.45, 7) is 4.33. The van der Waals surface area contributed by atoms with E-state index >= 15 is 0 Å². The van der Waals surface area contributed by atoms with Gasteiger partial charge >= 0.3 is 5.69 Å². The number of pyridine rings is 1. The normalized spacial score (nSPS) is 17.5. The van der Waals surface area contributed by atoms with Crippen LogP contribution in [0.2, 0.25) is 5.02 Å². The highest BCUT2D eigenvalue weighted by atomic mass is 35.5. The monoisotopic (exact) mass is 513 g/mol. The summed E-state index contributed by atoms with van der Waals surface area (Å²) < 4.78 is 3.49. The Kier molecular flexibility index (Phi) is 6.86. The number of hydrogen-bond acceptors (Lipinski definition) is 4. The molecule has 0 unspecified atom stereocenters. The minimum Gasteiger partial charge on any atom is -0.349 e. The Morgan fingerprint density at radius 1 is 1.11 bits per heavy atom. The van der Waals surface area contributed by atoms with Crippen molar-refractivity contribution in [2.45, 2.75) is 52.1 Å². The van der Waals surface area contributed by atoms with E-state index in [-0.39, 0.29) is 17.6 Å². The zero-order valence-corrected chi connectivity index (χ0v) is 21.6. The van der Waals surface area contributed by atoms with Gasteiger partial charge in [-0.2, -0.15) is 5.26 Å². The second-order valence-corrected chi connectivity index (χ2v) is 10.3. The van der Waals surface area contributed by atoms with E-state index in [1.807, 2.05) is 54.0 Å². The number of benzene rings is 2. The van der Waals surface area contributed by atoms with Crippen LogP contribution in [0.1, 0.15) is 52.9 Å². The van der Waals surface area contributed by atoms with E-state index in [4.69, 9.17) is 11.6 Å². The molecule has 4 aromatic rings. The van der Waals surface area contributed by atoms with Crippen LogP contribution in [0.4, 0.5) is 0 Å². The van der Waals surface area contributed by atoms with Gasteiger partial charge in [0.05, 0.1) is 38.6 Å². The van der Waals surface area contributed by atoms with Crippen LogP contribution in [0.25, 0.3) is 16.7 Å². The Balaban J connectivity index is 1.34. The van der Waals surface area contributed by atoms with E-state index < -0.39 is 0 Å². The Morgan fingerprint density at radius 3 is 2.57 bits per heavy atom. The third-order valence-corrected chi connectivity index (χ3v) is 7.48. The van der Waals surface area contributed by atoms with E-state index in [1.165, 1.54) is 6.20 Å². The first-order valence-corrected chi connectivity index (χ1v) is 12.9. The second kappa shape index (κ2) is 10.2. The highest BCUT2D eigenvalue weighted by Gasteiger charge is 2.26. The molecule has 1 N–H and O–H groups in total. The number of amides is 1. The van der Waals surface area contributed by atoms with Crippen LogP contribution in [0.3, 0.4) is 0 Å². The summed E-state index contributed by atoms with van der Waals surface area (Å²) in [6, 6.07) is 17.3. The van der Waals surface area contributed by atoms with Crippen molar-refractivity contribution in [2.75, 3.05) is 0 Å². The molecule has 5 rings (SSSR count). The number of nitrogens with zero attached hydrogens (tertiary/aromatic N) is 4. The number of halogens is 1. The highest BCUT2D eigenvalue weighted by Crippen LogP contribution is 2.28. The molecule has 2 aromatic heterocycles. The number of para-hydroxylation sites is 2. The van der Waals surface area contributed by atoms with Gasteiger partial charge in [0.1, 0.15) is 6.07 Å². The van der Waals surface area contributed by atoms with Crippen molar-refractivity contribution in [2.24, 2.45) is 5.92 Å². The number of fused-ring (bicyclic) bond motifs is 1. The quantitative estimate of drug-likeness (QED) is 0.391. The molecule has 0 spiro atoms. The maximum atomic E-state index is 13.7. The average Bonchev–Trinajstić information content (AvgIpc) is 3.17. The minimum atomic E-state index is -0.151. The van der Waals surface area contributed by atoms with Crippen LogP contribution in [0.5, 0.6) is 0 Å². The summed E-state index contributed by atoms with van der Waals surface area (Å²) in [7, 11) is 0. The van der Waals surface area contributed by atoms with E-state index in [1.54, 1.807) is 17.6 Å². The van der Waals surface area contributed by atoms with Crippen molar-refractivity contribution >= 4 is 28.5 Å². The van der Waals surface area contributed by atoms with Crippen molar-refractivity contribution in [3.05, 3.63) is 92.6 Å².